The number of para-hydroxylation sites is 1. The van der Waals surface area contributed by atoms with Crippen LogP contribution in [-0.4, -0.2) is 26.7 Å². The number of ether oxygens (including phenoxy) is 3. The molecule has 0 radical (unpaired) electrons. The number of carbonyl (C=O) groups excluding carboxylic acids is 1. The maximum atomic E-state index is 12.1. The van der Waals surface area contributed by atoms with Crippen molar-refractivity contribution in [2.75, 3.05) is 26.1 Å². The predicted molar refractivity (Wildman–Crippen MR) is 89.9 cm³/mol. The Labute approximate surface area is 140 Å². The highest BCUT2D eigenvalue weighted by Crippen LogP contribution is 2.35. The third kappa shape index (κ3) is 4.29. The van der Waals surface area contributed by atoms with Gasteiger partial charge in [0.1, 0.15) is 17.2 Å². The lowest BCUT2D eigenvalue weighted by molar-refractivity contribution is -0.118. The zero-order chi connectivity index (χ0) is 16.8. The Morgan fingerprint density at radius 3 is 2.43 bits per heavy atom. The Morgan fingerprint density at radius 1 is 1.09 bits per heavy atom. The first-order chi connectivity index (χ1) is 11.0. The molecule has 0 fully saturated rings. The normalized spacial score (nSPS) is 10.1. The molecule has 1 amide bonds. The molecule has 0 aromatic heterocycles. The van der Waals surface area contributed by atoms with Crippen molar-refractivity contribution in [2.24, 2.45) is 0 Å². The second-order valence-electron chi connectivity index (χ2n) is 4.79. The van der Waals surface area contributed by atoms with Gasteiger partial charge in [0.15, 0.2) is 6.61 Å². The third-order valence-corrected chi connectivity index (χ3v) is 3.50. The van der Waals surface area contributed by atoms with Gasteiger partial charge in [-0.15, -0.1) is 0 Å². The molecular weight excluding hydrogens is 318 g/mol. The zero-order valence-corrected chi connectivity index (χ0v) is 13.9. The highest BCUT2D eigenvalue weighted by Gasteiger charge is 2.13. The van der Waals surface area contributed by atoms with Crippen molar-refractivity contribution >= 4 is 23.2 Å². The van der Waals surface area contributed by atoms with Crippen molar-refractivity contribution in [1.29, 1.82) is 0 Å². The summed E-state index contributed by atoms with van der Waals surface area (Å²) in [6, 6.07) is 10.7. The highest BCUT2D eigenvalue weighted by molar-refractivity contribution is 6.32. The van der Waals surface area contributed by atoms with Gasteiger partial charge in [-0.1, -0.05) is 29.8 Å². The summed E-state index contributed by atoms with van der Waals surface area (Å²) in [6.45, 7) is 1.80. The molecular formula is C17H18ClNO4. The molecule has 5 nitrogen and oxygen atoms in total. The van der Waals surface area contributed by atoms with Crippen LogP contribution in [0.5, 0.6) is 17.2 Å². The first-order valence-corrected chi connectivity index (χ1v) is 7.32. The number of benzene rings is 2. The lowest BCUT2D eigenvalue weighted by Crippen LogP contribution is -2.20. The summed E-state index contributed by atoms with van der Waals surface area (Å²) in [5.74, 6) is 1.28. The van der Waals surface area contributed by atoms with Gasteiger partial charge in [-0.2, -0.15) is 0 Å². The van der Waals surface area contributed by atoms with Gasteiger partial charge in [0.25, 0.3) is 5.91 Å². The molecule has 23 heavy (non-hydrogen) atoms. The summed E-state index contributed by atoms with van der Waals surface area (Å²) in [6.07, 6.45) is 0. The van der Waals surface area contributed by atoms with Crippen LogP contribution in [0, 0.1) is 6.92 Å². The van der Waals surface area contributed by atoms with Crippen LogP contribution in [0.15, 0.2) is 36.4 Å². The Kier molecular flexibility index (Phi) is 5.71. The SMILES string of the molecule is COc1cc(OC)c(NC(=O)COc2ccccc2C)cc1Cl. The van der Waals surface area contributed by atoms with Gasteiger partial charge in [0, 0.05) is 6.07 Å². The maximum Gasteiger partial charge on any atom is 0.262 e. The summed E-state index contributed by atoms with van der Waals surface area (Å²) in [4.78, 5) is 12.1. The minimum absolute atomic E-state index is 0.113. The number of rotatable bonds is 6. The maximum absolute atomic E-state index is 12.1. The van der Waals surface area contributed by atoms with E-state index in [-0.39, 0.29) is 12.5 Å². The van der Waals surface area contributed by atoms with Crippen molar-refractivity contribution in [1.82, 2.24) is 0 Å². The monoisotopic (exact) mass is 335 g/mol. The van der Waals surface area contributed by atoms with Gasteiger partial charge < -0.3 is 19.5 Å². The minimum Gasteiger partial charge on any atom is -0.495 e. The fourth-order valence-electron chi connectivity index (χ4n) is 2.01. The van der Waals surface area contributed by atoms with Gasteiger partial charge in [0.2, 0.25) is 0 Å². The van der Waals surface area contributed by atoms with Gasteiger partial charge in [-0.3, -0.25) is 4.79 Å². The molecule has 2 aromatic carbocycles. The number of carbonyl (C=O) groups is 1. The van der Waals surface area contributed by atoms with Crippen LogP contribution in [0.25, 0.3) is 0 Å². The van der Waals surface area contributed by atoms with E-state index in [1.807, 2.05) is 31.2 Å². The smallest absolute Gasteiger partial charge is 0.262 e. The second-order valence-corrected chi connectivity index (χ2v) is 5.20. The number of nitrogens with one attached hydrogen (secondary N) is 1. The quantitative estimate of drug-likeness (QED) is 0.874. The Balaban J connectivity index is 2.05. The molecule has 122 valence electrons. The molecule has 0 spiro atoms. The van der Waals surface area contributed by atoms with E-state index in [0.717, 1.165) is 5.56 Å². The van der Waals surface area contributed by atoms with E-state index < -0.39 is 0 Å². The minimum atomic E-state index is -0.312. The van der Waals surface area contributed by atoms with Crippen LogP contribution in [0.2, 0.25) is 5.02 Å². The van der Waals surface area contributed by atoms with Crippen LogP contribution in [0.4, 0.5) is 5.69 Å². The summed E-state index contributed by atoms with van der Waals surface area (Å²) in [5.41, 5.74) is 1.42. The van der Waals surface area contributed by atoms with Crippen molar-refractivity contribution in [3.05, 3.63) is 47.0 Å². The molecule has 0 aliphatic heterocycles. The molecule has 1 N–H and O–H groups in total. The second kappa shape index (κ2) is 7.74. The fraction of sp³-hybridized carbons (Fsp3) is 0.235. The number of anilines is 1. The number of hydrogen-bond donors (Lipinski definition) is 1. The van der Waals surface area contributed by atoms with Gasteiger partial charge in [0.05, 0.1) is 24.9 Å². The molecule has 0 heterocycles. The van der Waals surface area contributed by atoms with E-state index in [1.165, 1.54) is 14.2 Å². The first-order valence-electron chi connectivity index (χ1n) is 6.95. The highest BCUT2D eigenvalue weighted by atomic mass is 35.5. The third-order valence-electron chi connectivity index (χ3n) is 3.20. The van der Waals surface area contributed by atoms with Gasteiger partial charge in [-0.25, -0.2) is 0 Å². The summed E-state index contributed by atoms with van der Waals surface area (Å²) >= 11 is 6.07. The summed E-state index contributed by atoms with van der Waals surface area (Å²) < 4.78 is 15.9. The van der Waals surface area contributed by atoms with Crippen LogP contribution in [0.3, 0.4) is 0 Å². The fourth-order valence-corrected chi connectivity index (χ4v) is 2.25. The molecule has 0 bridgehead atoms. The number of hydrogen-bond acceptors (Lipinski definition) is 4. The van der Waals surface area contributed by atoms with E-state index in [2.05, 4.69) is 5.32 Å². The predicted octanol–water partition coefficient (Wildman–Crippen LogP) is 3.68. The number of halogens is 1. The van der Waals surface area contributed by atoms with E-state index in [1.54, 1.807) is 12.1 Å². The number of amides is 1. The summed E-state index contributed by atoms with van der Waals surface area (Å²) in [7, 11) is 3.01. The standard InChI is InChI=1S/C17H18ClNO4/c1-11-6-4-5-7-14(11)23-10-17(20)19-13-8-12(18)15(21-2)9-16(13)22-3/h4-9H,10H2,1-3H3,(H,19,20). The van der Waals surface area contributed by atoms with Crippen molar-refractivity contribution < 1.29 is 19.0 Å². The van der Waals surface area contributed by atoms with Crippen LogP contribution < -0.4 is 19.5 Å². The zero-order valence-electron chi connectivity index (χ0n) is 13.2. The topological polar surface area (TPSA) is 56.8 Å². The molecule has 0 unspecified atom stereocenters. The van der Waals surface area contributed by atoms with Crippen molar-refractivity contribution in [3.8, 4) is 17.2 Å². The van der Waals surface area contributed by atoms with Gasteiger partial charge in [-0.05, 0) is 24.6 Å². The van der Waals surface area contributed by atoms with Crippen LogP contribution >= 0.6 is 11.6 Å². The Hall–Kier alpha value is -2.40. The molecule has 6 heteroatoms. The average molecular weight is 336 g/mol. The molecule has 0 atom stereocenters. The Bertz CT molecular complexity index is 703. The average Bonchev–Trinajstić information content (AvgIpc) is 2.54. The van der Waals surface area contributed by atoms with Crippen LogP contribution in [-0.2, 0) is 4.79 Å². The molecule has 2 aromatic rings. The van der Waals surface area contributed by atoms with E-state index >= 15 is 0 Å². The van der Waals surface area contributed by atoms with Crippen molar-refractivity contribution in [3.63, 3.8) is 0 Å². The molecule has 0 saturated carbocycles. The largest absolute Gasteiger partial charge is 0.495 e. The van der Waals surface area contributed by atoms with Crippen LogP contribution in [0.1, 0.15) is 5.56 Å². The van der Waals surface area contributed by atoms with Gasteiger partial charge >= 0.3 is 0 Å². The number of methoxy groups -OCH3 is 2. The van der Waals surface area contributed by atoms with E-state index in [9.17, 15) is 4.79 Å². The van der Waals surface area contributed by atoms with E-state index in [4.69, 9.17) is 25.8 Å². The molecule has 0 aliphatic carbocycles. The van der Waals surface area contributed by atoms with Crippen molar-refractivity contribution in [2.45, 2.75) is 6.92 Å². The lowest BCUT2D eigenvalue weighted by Gasteiger charge is -2.14. The first kappa shape index (κ1) is 17.0. The molecule has 2 rings (SSSR count). The Morgan fingerprint density at radius 2 is 1.78 bits per heavy atom. The number of aryl methyl sites for hydroxylation is 1. The molecule has 0 aliphatic rings. The molecule has 0 saturated heterocycles. The lowest BCUT2D eigenvalue weighted by atomic mass is 10.2. The summed E-state index contributed by atoms with van der Waals surface area (Å²) in [5, 5.41) is 3.09. The van der Waals surface area contributed by atoms with E-state index in [0.29, 0.717) is 28.0 Å².